The highest BCUT2D eigenvalue weighted by atomic mass is 16.1. The zero-order valence-electron chi connectivity index (χ0n) is 8.88. The van der Waals surface area contributed by atoms with Gasteiger partial charge in [0.2, 0.25) is 0 Å². The number of hydrogen-bond acceptors (Lipinski definition) is 5. The van der Waals surface area contributed by atoms with E-state index >= 15 is 0 Å². The Morgan fingerprint density at radius 3 is 3.00 bits per heavy atom. The molecule has 2 rings (SSSR count). The van der Waals surface area contributed by atoms with E-state index in [1.807, 2.05) is 0 Å². The van der Waals surface area contributed by atoms with Crippen LogP contribution in [0.1, 0.15) is 29.1 Å². The van der Waals surface area contributed by atoms with Crippen molar-refractivity contribution in [3.63, 3.8) is 0 Å². The van der Waals surface area contributed by atoms with Gasteiger partial charge in [-0.25, -0.2) is 0 Å². The Morgan fingerprint density at radius 1 is 1.62 bits per heavy atom. The van der Waals surface area contributed by atoms with Crippen LogP contribution in [0.3, 0.4) is 0 Å². The van der Waals surface area contributed by atoms with Gasteiger partial charge in [-0.15, -0.1) is 10.2 Å². The quantitative estimate of drug-likeness (QED) is 0.722. The molecule has 0 bridgehead atoms. The van der Waals surface area contributed by atoms with Gasteiger partial charge in [0.25, 0.3) is 5.91 Å². The minimum atomic E-state index is -0.300. The highest BCUT2D eigenvalue weighted by Crippen LogP contribution is 2.05. The van der Waals surface area contributed by atoms with Crippen molar-refractivity contribution in [1.82, 2.24) is 35.7 Å². The number of aromatic amines is 1. The number of rotatable bonds is 3. The lowest BCUT2D eigenvalue weighted by atomic mass is 10.2. The lowest BCUT2D eigenvalue weighted by Gasteiger charge is -2.07. The number of nitrogens with one attached hydrogen (secondary N) is 2. The van der Waals surface area contributed by atoms with E-state index in [4.69, 9.17) is 0 Å². The van der Waals surface area contributed by atoms with E-state index in [9.17, 15) is 4.79 Å². The summed E-state index contributed by atoms with van der Waals surface area (Å²) in [5.74, 6) is 0.225. The third-order valence-electron chi connectivity index (χ3n) is 2.06. The number of aromatic nitrogens is 6. The molecule has 0 aliphatic rings. The predicted octanol–water partition coefficient (Wildman–Crippen LogP) is -0.576. The van der Waals surface area contributed by atoms with Gasteiger partial charge in [-0.05, 0) is 6.92 Å². The Kier molecular flexibility index (Phi) is 2.63. The Hall–Kier alpha value is -2.25. The molecular formula is C8H11N7O. The van der Waals surface area contributed by atoms with Crippen LogP contribution in [0, 0.1) is 0 Å². The second kappa shape index (κ2) is 4.09. The molecule has 1 amide bonds. The maximum atomic E-state index is 11.7. The van der Waals surface area contributed by atoms with Crippen molar-refractivity contribution >= 4 is 5.91 Å². The number of aryl methyl sites for hydroxylation is 1. The van der Waals surface area contributed by atoms with Crippen molar-refractivity contribution in [3.05, 3.63) is 23.8 Å². The van der Waals surface area contributed by atoms with E-state index in [1.54, 1.807) is 24.9 Å². The normalized spacial score (nSPS) is 12.4. The summed E-state index contributed by atoms with van der Waals surface area (Å²) in [5.41, 5.74) is 0.498. The molecule has 0 aliphatic carbocycles. The smallest absolute Gasteiger partial charge is 0.255 e. The van der Waals surface area contributed by atoms with Gasteiger partial charge in [-0.2, -0.15) is 10.3 Å². The standard InChI is InChI=1S/C8H11N7O/c1-5(7-11-13-14-12-7)10-8(16)6-3-9-15(2)4-6/h3-5H,1-2H3,(H,10,16)(H,11,12,13,14). The molecular weight excluding hydrogens is 210 g/mol. The van der Waals surface area contributed by atoms with Gasteiger partial charge in [-0.3, -0.25) is 9.48 Å². The highest BCUT2D eigenvalue weighted by molar-refractivity contribution is 5.93. The van der Waals surface area contributed by atoms with Gasteiger partial charge in [0.05, 0.1) is 17.8 Å². The number of tetrazole rings is 1. The first-order valence-corrected chi connectivity index (χ1v) is 4.69. The number of H-pyrrole nitrogens is 1. The summed E-state index contributed by atoms with van der Waals surface area (Å²) in [5, 5.41) is 20.0. The molecule has 2 N–H and O–H groups in total. The van der Waals surface area contributed by atoms with E-state index in [-0.39, 0.29) is 11.9 Å². The maximum absolute atomic E-state index is 11.7. The Morgan fingerprint density at radius 2 is 2.44 bits per heavy atom. The molecule has 84 valence electrons. The van der Waals surface area contributed by atoms with Crippen LogP contribution in [0.2, 0.25) is 0 Å². The fraction of sp³-hybridized carbons (Fsp3) is 0.375. The number of hydrogen-bond donors (Lipinski definition) is 2. The number of carbonyl (C=O) groups excluding carboxylic acids is 1. The van der Waals surface area contributed by atoms with Crippen molar-refractivity contribution in [3.8, 4) is 0 Å². The predicted molar refractivity (Wildman–Crippen MR) is 53.3 cm³/mol. The van der Waals surface area contributed by atoms with Gasteiger partial charge in [0.15, 0.2) is 5.82 Å². The van der Waals surface area contributed by atoms with Crippen LogP contribution in [0.15, 0.2) is 12.4 Å². The lowest BCUT2D eigenvalue weighted by molar-refractivity contribution is 0.0938. The molecule has 0 aliphatic heterocycles. The summed E-state index contributed by atoms with van der Waals surface area (Å²) in [4.78, 5) is 11.7. The maximum Gasteiger partial charge on any atom is 0.255 e. The SMILES string of the molecule is CC(NC(=O)c1cnn(C)c1)c1nn[nH]n1. The summed E-state index contributed by atoms with van der Waals surface area (Å²) in [6.45, 7) is 1.78. The van der Waals surface area contributed by atoms with E-state index in [1.165, 1.54) is 6.20 Å². The van der Waals surface area contributed by atoms with Crippen LogP contribution in [-0.2, 0) is 7.05 Å². The molecule has 2 aromatic heterocycles. The highest BCUT2D eigenvalue weighted by Gasteiger charge is 2.15. The van der Waals surface area contributed by atoms with Crippen LogP contribution in [0.5, 0.6) is 0 Å². The molecule has 0 saturated heterocycles. The third kappa shape index (κ3) is 2.05. The molecule has 16 heavy (non-hydrogen) atoms. The summed E-state index contributed by atoms with van der Waals surface area (Å²) in [6.07, 6.45) is 3.14. The number of carbonyl (C=O) groups is 1. The molecule has 1 atom stereocenters. The van der Waals surface area contributed by atoms with Crippen LogP contribution >= 0.6 is 0 Å². The monoisotopic (exact) mass is 221 g/mol. The summed E-state index contributed by atoms with van der Waals surface area (Å²) >= 11 is 0. The molecule has 8 heteroatoms. The van der Waals surface area contributed by atoms with Gasteiger partial charge in [0, 0.05) is 13.2 Å². The van der Waals surface area contributed by atoms with Crippen molar-refractivity contribution in [2.75, 3.05) is 0 Å². The van der Waals surface area contributed by atoms with Crippen molar-refractivity contribution < 1.29 is 4.79 Å². The van der Waals surface area contributed by atoms with Gasteiger partial charge in [0.1, 0.15) is 0 Å². The Balaban J connectivity index is 2.03. The van der Waals surface area contributed by atoms with E-state index in [0.29, 0.717) is 11.4 Å². The molecule has 0 spiro atoms. The fourth-order valence-corrected chi connectivity index (χ4v) is 1.24. The number of amides is 1. The molecule has 2 aromatic rings. The molecule has 0 aromatic carbocycles. The largest absolute Gasteiger partial charge is 0.342 e. The average molecular weight is 221 g/mol. The Bertz CT molecular complexity index is 474. The van der Waals surface area contributed by atoms with E-state index < -0.39 is 0 Å². The average Bonchev–Trinajstić information content (AvgIpc) is 2.87. The topological polar surface area (TPSA) is 101 Å². The van der Waals surface area contributed by atoms with Gasteiger partial charge in [-0.1, -0.05) is 5.21 Å². The minimum Gasteiger partial charge on any atom is -0.342 e. The fourth-order valence-electron chi connectivity index (χ4n) is 1.24. The van der Waals surface area contributed by atoms with Crippen molar-refractivity contribution in [2.24, 2.45) is 7.05 Å². The second-order valence-corrected chi connectivity index (χ2v) is 3.37. The molecule has 0 saturated carbocycles. The van der Waals surface area contributed by atoms with Crippen LogP contribution in [0.4, 0.5) is 0 Å². The van der Waals surface area contributed by atoms with E-state index in [2.05, 4.69) is 31.0 Å². The van der Waals surface area contributed by atoms with Crippen molar-refractivity contribution in [2.45, 2.75) is 13.0 Å². The minimum absolute atomic E-state index is 0.217. The summed E-state index contributed by atoms with van der Waals surface area (Å²) < 4.78 is 1.56. The van der Waals surface area contributed by atoms with Crippen LogP contribution in [0.25, 0.3) is 0 Å². The molecule has 1 unspecified atom stereocenters. The molecule has 8 nitrogen and oxygen atoms in total. The molecule has 0 fully saturated rings. The lowest BCUT2D eigenvalue weighted by Crippen LogP contribution is -2.27. The first-order valence-electron chi connectivity index (χ1n) is 4.69. The zero-order valence-corrected chi connectivity index (χ0v) is 8.88. The summed E-state index contributed by atoms with van der Waals surface area (Å²) in [7, 11) is 1.75. The zero-order chi connectivity index (χ0) is 11.5. The molecule has 0 radical (unpaired) electrons. The van der Waals surface area contributed by atoms with E-state index in [0.717, 1.165) is 0 Å². The summed E-state index contributed by atoms with van der Waals surface area (Å²) in [6, 6.07) is -0.300. The first-order chi connectivity index (χ1) is 7.66. The van der Waals surface area contributed by atoms with Crippen molar-refractivity contribution in [1.29, 1.82) is 0 Å². The first kappa shape index (κ1) is 10.3. The van der Waals surface area contributed by atoms with Gasteiger partial charge >= 0.3 is 0 Å². The van der Waals surface area contributed by atoms with Gasteiger partial charge < -0.3 is 5.32 Å². The molecule has 2 heterocycles. The number of nitrogens with zero attached hydrogens (tertiary/aromatic N) is 5. The van der Waals surface area contributed by atoms with Crippen LogP contribution in [-0.4, -0.2) is 36.3 Å². The Labute approximate surface area is 91.0 Å². The van der Waals surface area contributed by atoms with Crippen LogP contribution < -0.4 is 5.32 Å². The third-order valence-corrected chi connectivity index (χ3v) is 2.06. The second-order valence-electron chi connectivity index (χ2n) is 3.37.